The molecule has 6 heteroatoms. The van der Waals surface area contributed by atoms with E-state index in [4.69, 9.17) is 28.9 Å². The first-order valence-electron chi connectivity index (χ1n) is 5.21. The smallest absolute Gasteiger partial charge is 0.254 e. The van der Waals surface area contributed by atoms with Crippen LogP contribution < -0.4 is 11.1 Å². The molecule has 1 aromatic heterocycles. The number of thiophene rings is 1. The molecule has 1 rings (SSSR count). The van der Waals surface area contributed by atoms with Gasteiger partial charge < -0.3 is 11.1 Å². The number of nitrogens with one attached hydrogen (secondary N) is 1. The van der Waals surface area contributed by atoms with E-state index in [2.05, 4.69) is 5.32 Å². The molecule has 0 aliphatic heterocycles. The van der Waals surface area contributed by atoms with Crippen LogP contribution in [0.5, 0.6) is 0 Å². The van der Waals surface area contributed by atoms with E-state index < -0.39 is 0 Å². The summed E-state index contributed by atoms with van der Waals surface area (Å²) in [6.45, 7) is 6.44. The van der Waals surface area contributed by atoms with E-state index in [1.165, 1.54) is 11.3 Å². The number of rotatable bonds is 3. The van der Waals surface area contributed by atoms with Crippen LogP contribution in [0, 0.1) is 5.41 Å². The molecule has 3 N–H and O–H groups in total. The Morgan fingerprint density at radius 3 is 2.47 bits per heavy atom. The van der Waals surface area contributed by atoms with Gasteiger partial charge in [-0.15, -0.1) is 11.3 Å². The molecule has 1 atom stereocenters. The lowest BCUT2D eigenvalue weighted by Crippen LogP contribution is -2.48. The van der Waals surface area contributed by atoms with Crippen LogP contribution in [-0.4, -0.2) is 18.5 Å². The van der Waals surface area contributed by atoms with E-state index in [-0.39, 0.29) is 17.4 Å². The van der Waals surface area contributed by atoms with Crippen molar-refractivity contribution in [3.63, 3.8) is 0 Å². The van der Waals surface area contributed by atoms with E-state index in [1.807, 2.05) is 20.8 Å². The van der Waals surface area contributed by atoms with Gasteiger partial charge in [0.2, 0.25) is 0 Å². The summed E-state index contributed by atoms with van der Waals surface area (Å²) in [7, 11) is 0. The van der Waals surface area contributed by atoms with Crippen molar-refractivity contribution in [2.75, 3.05) is 6.54 Å². The minimum atomic E-state index is -0.233. The topological polar surface area (TPSA) is 55.1 Å². The third-order valence-electron chi connectivity index (χ3n) is 2.49. The van der Waals surface area contributed by atoms with Crippen LogP contribution >= 0.6 is 34.5 Å². The van der Waals surface area contributed by atoms with E-state index in [0.29, 0.717) is 20.8 Å². The minimum absolute atomic E-state index is 0.100. The van der Waals surface area contributed by atoms with Crippen LogP contribution in [-0.2, 0) is 0 Å². The van der Waals surface area contributed by atoms with E-state index >= 15 is 0 Å². The maximum absolute atomic E-state index is 12.0. The fraction of sp³-hybridized carbons (Fsp3) is 0.545. The predicted octanol–water partition coefficient (Wildman–Crippen LogP) is 3.16. The van der Waals surface area contributed by atoms with Crippen LogP contribution in [0.15, 0.2) is 6.07 Å². The monoisotopic (exact) mass is 294 g/mol. The van der Waals surface area contributed by atoms with Crippen molar-refractivity contribution in [1.82, 2.24) is 5.32 Å². The van der Waals surface area contributed by atoms with Gasteiger partial charge >= 0.3 is 0 Å². The number of nitrogens with two attached hydrogens (primary N) is 1. The molecular weight excluding hydrogens is 279 g/mol. The van der Waals surface area contributed by atoms with Crippen LogP contribution in [0.25, 0.3) is 0 Å². The fourth-order valence-electron chi connectivity index (χ4n) is 1.36. The number of carbonyl (C=O) groups is 1. The van der Waals surface area contributed by atoms with Crippen LogP contribution in [0.2, 0.25) is 8.67 Å². The number of hydrogen-bond donors (Lipinski definition) is 2. The summed E-state index contributed by atoms with van der Waals surface area (Å²) in [6, 6.07) is 1.46. The largest absolute Gasteiger partial charge is 0.347 e. The molecule has 0 spiro atoms. The average Bonchev–Trinajstić information content (AvgIpc) is 2.52. The molecule has 0 aliphatic rings. The summed E-state index contributed by atoms with van der Waals surface area (Å²) < 4.78 is 0.900. The van der Waals surface area contributed by atoms with Crippen LogP contribution in [0.3, 0.4) is 0 Å². The molecular formula is C11H16Cl2N2OS. The maximum Gasteiger partial charge on any atom is 0.254 e. The molecule has 0 radical (unpaired) electrons. The standard InChI is InChI=1S/C11H16Cl2N2OS/c1-11(2,3)7(5-14)15-10(16)6-4-8(12)17-9(6)13/h4,7H,5,14H2,1-3H3,(H,15,16). The fourth-order valence-corrected chi connectivity index (χ4v) is 2.82. The van der Waals surface area contributed by atoms with Gasteiger partial charge in [-0.2, -0.15) is 0 Å². The third-order valence-corrected chi connectivity index (χ3v) is 3.98. The van der Waals surface area contributed by atoms with Gasteiger partial charge in [-0.25, -0.2) is 0 Å². The third kappa shape index (κ3) is 3.85. The second-order valence-corrected chi connectivity index (χ2v) is 7.15. The highest BCUT2D eigenvalue weighted by molar-refractivity contribution is 7.20. The zero-order chi connectivity index (χ0) is 13.2. The van der Waals surface area contributed by atoms with Crippen molar-refractivity contribution in [2.24, 2.45) is 11.1 Å². The molecule has 0 fully saturated rings. The first kappa shape index (κ1) is 14.8. The van der Waals surface area contributed by atoms with Gasteiger partial charge in [-0.3, -0.25) is 4.79 Å². The Bertz CT molecular complexity index is 412. The second-order valence-electron chi connectivity index (χ2n) is 4.87. The quantitative estimate of drug-likeness (QED) is 0.900. The number of halogens is 2. The molecule has 96 valence electrons. The Morgan fingerprint density at radius 2 is 2.12 bits per heavy atom. The normalized spacial score (nSPS) is 13.5. The van der Waals surface area contributed by atoms with E-state index in [0.717, 1.165) is 0 Å². The Labute approximate surface area is 115 Å². The van der Waals surface area contributed by atoms with E-state index in [1.54, 1.807) is 6.07 Å². The van der Waals surface area contributed by atoms with Crippen LogP contribution in [0.1, 0.15) is 31.1 Å². The molecule has 3 nitrogen and oxygen atoms in total. The molecule has 1 heterocycles. The van der Waals surface area contributed by atoms with Crippen molar-refractivity contribution in [3.8, 4) is 0 Å². The second kappa shape index (κ2) is 5.57. The lowest BCUT2D eigenvalue weighted by molar-refractivity contribution is 0.0906. The highest BCUT2D eigenvalue weighted by atomic mass is 35.5. The minimum Gasteiger partial charge on any atom is -0.347 e. The zero-order valence-electron chi connectivity index (χ0n) is 10.0. The van der Waals surface area contributed by atoms with Gasteiger partial charge in [0, 0.05) is 12.6 Å². The summed E-state index contributed by atoms with van der Waals surface area (Å²) in [5, 5.41) is 2.88. The van der Waals surface area contributed by atoms with Gasteiger partial charge in [0.1, 0.15) is 4.34 Å². The molecule has 1 amide bonds. The van der Waals surface area contributed by atoms with Gasteiger partial charge in [0.25, 0.3) is 5.91 Å². The highest BCUT2D eigenvalue weighted by Gasteiger charge is 2.26. The highest BCUT2D eigenvalue weighted by Crippen LogP contribution is 2.31. The molecule has 1 aromatic rings. The summed E-state index contributed by atoms with van der Waals surface area (Å²) in [5.74, 6) is -0.233. The summed E-state index contributed by atoms with van der Waals surface area (Å²) >= 11 is 12.9. The lowest BCUT2D eigenvalue weighted by atomic mass is 9.86. The Morgan fingerprint density at radius 1 is 1.53 bits per heavy atom. The average molecular weight is 295 g/mol. The number of amides is 1. The number of hydrogen-bond acceptors (Lipinski definition) is 3. The van der Waals surface area contributed by atoms with Crippen molar-refractivity contribution in [3.05, 3.63) is 20.3 Å². The van der Waals surface area contributed by atoms with Crippen molar-refractivity contribution in [2.45, 2.75) is 26.8 Å². The van der Waals surface area contributed by atoms with Crippen LogP contribution in [0.4, 0.5) is 0 Å². The lowest BCUT2D eigenvalue weighted by Gasteiger charge is -2.30. The molecule has 1 unspecified atom stereocenters. The first-order valence-corrected chi connectivity index (χ1v) is 6.78. The molecule has 0 saturated heterocycles. The zero-order valence-corrected chi connectivity index (χ0v) is 12.3. The van der Waals surface area contributed by atoms with E-state index in [9.17, 15) is 4.79 Å². The Balaban J connectivity index is 2.82. The molecule has 17 heavy (non-hydrogen) atoms. The first-order chi connectivity index (χ1) is 7.75. The summed E-state index contributed by atoms with van der Waals surface area (Å²) in [5.41, 5.74) is 5.96. The van der Waals surface area contributed by atoms with Gasteiger partial charge in [-0.05, 0) is 11.5 Å². The predicted molar refractivity (Wildman–Crippen MR) is 74.1 cm³/mol. The van der Waals surface area contributed by atoms with Gasteiger partial charge in [0.05, 0.1) is 9.90 Å². The molecule has 0 aliphatic carbocycles. The molecule has 0 aromatic carbocycles. The van der Waals surface area contributed by atoms with Crippen molar-refractivity contribution >= 4 is 40.4 Å². The SMILES string of the molecule is CC(C)(C)C(CN)NC(=O)c1cc(Cl)sc1Cl. The molecule has 0 saturated carbocycles. The summed E-state index contributed by atoms with van der Waals surface area (Å²) in [4.78, 5) is 12.0. The van der Waals surface area contributed by atoms with Crippen molar-refractivity contribution < 1.29 is 4.79 Å². The summed E-state index contributed by atoms with van der Waals surface area (Å²) in [6.07, 6.45) is 0. The number of carbonyl (C=O) groups excluding carboxylic acids is 1. The van der Waals surface area contributed by atoms with Gasteiger partial charge in [-0.1, -0.05) is 44.0 Å². The Kier molecular flexibility index (Phi) is 4.84. The van der Waals surface area contributed by atoms with Gasteiger partial charge in [0.15, 0.2) is 0 Å². The molecule has 0 bridgehead atoms. The van der Waals surface area contributed by atoms with Crippen molar-refractivity contribution in [1.29, 1.82) is 0 Å². The maximum atomic E-state index is 12.0. The Hall–Kier alpha value is -0.290.